The molecule has 0 bridgehead atoms. The lowest BCUT2D eigenvalue weighted by molar-refractivity contribution is 0.760. The van der Waals surface area contributed by atoms with Gasteiger partial charge in [0, 0.05) is 14.1 Å². The van der Waals surface area contributed by atoms with Crippen LogP contribution in [0.2, 0.25) is 18.1 Å². The Labute approximate surface area is 62.4 Å². The van der Waals surface area contributed by atoms with Gasteiger partial charge in [-0.2, -0.15) is 0 Å². The van der Waals surface area contributed by atoms with Crippen LogP contribution in [0.25, 0.3) is 0 Å². The van der Waals surface area contributed by atoms with E-state index in [0.29, 0.717) is 5.04 Å². The van der Waals surface area contributed by atoms with Crippen molar-refractivity contribution in [2.75, 3.05) is 5.33 Å². The summed E-state index contributed by atoms with van der Waals surface area (Å²) < 4.78 is 0. The van der Waals surface area contributed by atoms with Crippen LogP contribution in [0, 0.1) is 0 Å². The van der Waals surface area contributed by atoms with E-state index in [0.717, 1.165) is 5.33 Å². The molecule has 0 fully saturated rings. The molecule has 0 saturated carbocycles. The maximum Gasteiger partial charge on any atom is 0.0484 e. The number of rotatable bonds is 2. The molecule has 0 aromatic heterocycles. The topological polar surface area (TPSA) is 0 Å². The van der Waals surface area contributed by atoms with Gasteiger partial charge >= 0.3 is 0 Å². The molecule has 2 heteroatoms. The summed E-state index contributed by atoms with van der Waals surface area (Å²) in [5.74, 6) is 0. The third kappa shape index (κ3) is 2.31. The van der Waals surface area contributed by atoms with Gasteiger partial charge in [-0.1, -0.05) is 42.9 Å². The van der Waals surface area contributed by atoms with Crippen molar-refractivity contribution in [2.24, 2.45) is 0 Å². The first-order valence-corrected chi connectivity index (χ1v) is 6.49. The maximum atomic E-state index is 3.50. The van der Waals surface area contributed by atoms with Crippen LogP contribution in [0.15, 0.2) is 0 Å². The maximum absolute atomic E-state index is 3.50. The van der Waals surface area contributed by atoms with Gasteiger partial charge in [0.2, 0.25) is 0 Å². The van der Waals surface area contributed by atoms with Crippen molar-refractivity contribution >= 4 is 24.7 Å². The Balaban J connectivity index is 3.71. The third-order valence-electron chi connectivity index (χ3n) is 1.69. The fourth-order valence-corrected chi connectivity index (χ4v) is 2.08. The van der Waals surface area contributed by atoms with Gasteiger partial charge in [-0.15, -0.1) is 0 Å². The molecule has 0 aliphatic carbocycles. The Morgan fingerprint density at radius 1 is 1.38 bits per heavy atom. The lowest BCUT2D eigenvalue weighted by atomic mass is 10.2. The van der Waals surface area contributed by atoms with Crippen LogP contribution in [0.1, 0.15) is 13.8 Å². The molecular weight excluding hydrogens is 180 g/mol. The molecule has 0 N–H and O–H groups in total. The molecule has 0 unspecified atom stereocenters. The second-order valence-corrected chi connectivity index (χ2v) is 6.93. The molecule has 0 spiro atoms. The van der Waals surface area contributed by atoms with Gasteiger partial charge < -0.3 is 0 Å². The highest BCUT2D eigenvalue weighted by molar-refractivity contribution is 9.09. The highest BCUT2D eigenvalue weighted by Crippen LogP contribution is 2.29. The van der Waals surface area contributed by atoms with Gasteiger partial charge in [-0.25, -0.2) is 0 Å². The average molecular weight is 194 g/mol. The highest BCUT2D eigenvalue weighted by atomic mass is 79.9. The molecule has 1 radical (unpaired) electrons. The summed E-state index contributed by atoms with van der Waals surface area (Å²) >= 11 is 3.50. The van der Waals surface area contributed by atoms with E-state index in [-0.39, 0.29) is 8.80 Å². The highest BCUT2D eigenvalue weighted by Gasteiger charge is 2.21. The minimum Gasteiger partial charge on any atom is -0.0925 e. The Hall–Kier alpha value is 0.697. The standard InChI is InChI=1S/C6H14BrSi/c1-6(2,5-7)8(3)4/h5H2,1-4H3. The molecular formula is C6H14BrSi. The van der Waals surface area contributed by atoms with Gasteiger partial charge in [0.1, 0.15) is 0 Å². The van der Waals surface area contributed by atoms with Crippen molar-refractivity contribution in [2.45, 2.75) is 32.0 Å². The predicted octanol–water partition coefficient (Wildman–Crippen LogP) is 2.92. The molecule has 0 aromatic carbocycles. The van der Waals surface area contributed by atoms with Gasteiger partial charge in [-0.05, 0) is 5.04 Å². The molecule has 0 aliphatic heterocycles. The van der Waals surface area contributed by atoms with Crippen LogP contribution in [0.5, 0.6) is 0 Å². The van der Waals surface area contributed by atoms with Crippen LogP contribution in [0.3, 0.4) is 0 Å². The first-order chi connectivity index (χ1) is 3.50. The van der Waals surface area contributed by atoms with Crippen LogP contribution >= 0.6 is 15.9 Å². The van der Waals surface area contributed by atoms with E-state index in [1.165, 1.54) is 0 Å². The average Bonchev–Trinajstić information content (AvgIpc) is 1.67. The van der Waals surface area contributed by atoms with Gasteiger partial charge in [-0.3, -0.25) is 0 Å². The molecule has 0 atom stereocenters. The Kier molecular flexibility index (Phi) is 3.28. The summed E-state index contributed by atoms with van der Waals surface area (Å²) in [6.45, 7) is 9.34. The normalized spacial score (nSPS) is 12.8. The van der Waals surface area contributed by atoms with Crippen LogP contribution in [-0.4, -0.2) is 14.1 Å². The second-order valence-electron chi connectivity index (χ2n) is 3.02. The smallest absolute Gasteiger partial charge is 0.0484 e. The minimum absolute atomic E-state index is 0.109. The SMILES string of the molecule is C[Si](C)C(C)(C)CBr. The van der Waals surface area contributed by atoms with E-state index in [1.54, 1.807) is 0 Å². The van der Waals surface area contributed by atoms with E-state index >= 15 is 0 Å². The Morgan fingerprint density at radius 2 is 1.75 bits per heavy atom. The number of alkyl halides is 1. The van der Waals surface area contributed by atoms with Gasteiger partial charge in [0.15, 0.2) is 0 Å². The van der Waals surface area contributed by atoms with Gasteiger partial charge in [0.05, 0.1) is 0 Å². The summed E-state index contributed by atoms with van der Waals surface area (Å²) in [5, 5.41) is 1.70. The van der Waals surface area contributed by atoms with Crippen molar-refractivity contribution in [1.29, 1.82) is 0 Å². The predicted molar refractivity (Wildman–Crippen MR) is 45.3 cm³/mol. The Bertz CT molecular complexity index is 68.9. The van der Waals surface area contributed by atoms with Crippen molar-refractivity contribution in [3.05, 3.63) is 0 Å². The fraction of sp³-hybridized carbons (Fsp3) is 1.00. The zero-order valence-electron chi connectivity index (χ0n) is 6.09. The van der Waals surface area contributed by atoms with Crippen LogP contribution in [-0.2, 0) is 0 Å². The quantitative estimate of drug-likeness (QED) is 0.468. The van der Waals surface area contributed by atoms with Crippen LogP contribution < -0.4 is 0 Å². The number of hydrogen-bond acceptors (Lipinski definition) is 0. The summed E-state index contributed by atoms with van der Waals surface area (Å²) in [6.07, 6.45) is 0. The molecule has 0 saturated heterocycles. The van der Waals surface area contributed by atoms with E-state index in [4.69, 9.17) is 0 Å². The molecule has 8 heavy (non-hydrogen) atoms. The summed E-state index contributed by atoms with van der Waals surface area (Å²) in [7, 11) is -0.109. The summed E-state index contributed by atoms with van der Waals surface area (Å²) in [6, 6.07) is 0. The van der Waals surface area contributed by atoms with E-state index < -0.39 is 0 Å². The van der Waals surface area contributed by atoms with Crippen molar-refractivity contribution in [3.8, 4) is 0 Å². The first-order valence-electron chi connectivity index (χ1n) is 2.87. The van der Waals surface area contributed by atoms with Crippen molar-refractivity contribution in [1.82, 2.24) is 0 Å². The largest absolute Gasteiger partial charge is 0.0925 e. The third-order valence-corrected chi connectivity index (χ3v) is 6.49. The van der Waals surface area contributed by atoms with E-state index in [2.05, 4.69) is 42.9 Å². The monoisotopic (exact) mass is 193 g/mol. The van der Waals surface area contributed by atoms with Crippen LogP contribution in [0.4, 0.5) is 0 Å². The van der Waals surface area contributed by atoms with E-state index in [1.807, 2.05) is 0 Å². The molecule has 0 rings (SSSR count). The first kappa shape index (κ1) is 8.70. The van der Waals surface area contributed by atoms with Crippen molar-refractivity contribution < 1.29 is 0 Å². The van der Waals surface area contributed by atoms with Gasteiger partial charge in [0.25, 0.3) is 0 Å². The molecule has 0 amide bonds. The zero-order chi connectivity index (χ0) is 6.78. The fourth-order valence-electron chi connectivity index (χ4n) is 0.134. The summed E-state index contributed by atoms with van der Waals surface area (Å²) in [4.78, 5) is 0. The zero-order valence-corrected chi connectivity index (χ0v) is 8.67. The summed E-state index contributed by atoms with van der Waals surface area (Å²) in [5.41, 5.74) is 0. The van der Waals surface area contributed by atoms with E-state index in [9.17, 15) is 0 Å². The molecule has 0 nitrogen and oxygen atoms in total. The molecule has 0 heterocycles. The lowest BCUT2D eigenvalue weighted by Gasteiger charge is -2.24. The Morgan fingerprint density at radius 3 is 1.75 bits per heavy atom. The number of hydrogen-bond donors (Lipinski definition) is 0. The van der Waals surface area contributed by atoms with Crippen molar-refractivity contribution in [3.63, 3.8) is 0 Å². The molecule has 0 aliphatic rings. The second kappa shape index (κ2) is 3.02. The minimum atomic E-state index is -0.109. The number of halogens is 1. The molecule has 0 aromatic rings. The molecule has 49 valence electrons. The lowest BCUT2D eigenvalue weighted by Crippen LogP contribution is -2.21.